The summed E-state index contributed by atoms with van der Waals surface area (Å²) in [6, 6.07) is 10.1. The summed E-state index contributed by atoms with van der Waals surface area (Å²) in [4.78, 5) is 10.8. The smallest absolute Gasteiger partial charge is 0.244 e. The van der Waals surface area contributed by atoms with Gasteiger partial charge in [0.2, 0.25) is 21.7 Å². The van der Waals surface area contributed by atoms with Crippen LogP contribution >= 0.6 is 11.6 Å². The SMILES string of the molecule is CC(c1nc(-c2cccnc2)no1)N1CCN(S(=O)(=O)c2ccccc2Cl)CC1. The van der Waals surface area contributed by atoms with E-state index in [0.29, 0.717) is 37.9 Å². The van der Waals surface area contributed by atoms with Gasteiger partial charge in [-0.05, 0) is 31.2 Å². The van der Waals surface area contributed by atoms with E-state index in [4.69, 9.17) is 16.1 Å². The second kappa shape index (κ2) is 8.19. The molecule has 1 aromatic carbocycles. The van der Waals surface area contributed by atoms with Gasteiger partial charge in [0.15, 0.2) is 0 Å². The van der Waals surface area contributed by atoms with E-state index in [-0.39, 0.29) is 16.0 Å². The Balaban J connectivity index is 1.43. The van der Waals surface area contributed by atoms with Gasteiger partial charge in [-0.25, -0.2) is 8.42 Å². The highest BCUT2D eigenvalue weighted by Gasteiger charge is 2.32. The molecule has 0 saturated carbocycles. The zero-order valence-electron chi connectivity index (χ0n) is 15.8. The van der Waals surface area contributed by atoms with E-state index >= 15 is 0 Å². The maximum atomic E-state index is 12.9. The summed E-state index contributed by atoms with van der Waals surface area (Å²) >= 11 is 6.09. The normalized spacial score (nSPS) is 17.3. The molecule has 1 atom stereocenters. The van der Waals surface area contributed by atoms with Crippen molar-refractivity contribution < 1.29 is 12.9 Å². The maximum absolute atomic E-state index is 12.9. The predicted molar refractivity (Wildman–Crippen MR) is 108 cm³/mol. The molecule has 3 aromatic rings. The molecule has 10 heteroatoms. The van der Waals surface area contributed by atoms with Crippen LogP contribution in [-0.2, 0) is 10.0 Å². The summed E-state index contributed by atoms with van der Waals surface area (Å²) in [6.45, 7) is 3.80. The Morgan fingerprint density at radius 1 is 1.10 bits per heavy atom. The molecule has 1 saturated heterocycles. The molecule has 0 N–H and O–H groups in total. The van der Waals surface area contributed by atoms with E-state index in [1.165, 1.54) is 10.4 Å². The van der Waals surface area contributed by atoms with Gasteiger partial charge in [-0.3, -0.25) is 9.88 Å². The number of sulfonamides is 1. The second-order valence-corrected chi connectivity index (χ2v) is 9.06. The molecule has 0 aliphatic carbocycles. The van der Waals surface area contributed by atoms with Crippen molar-refractivity contribution in [1.29, 1.82) is 0 Å². The number of pyridine rings is 1. The van der Waals surface area contributed by atoms with Crippen molar-refractivity contribution in [3.8, 4) is 11.4 Å². The van der Waals surface area contributed by atoms with Crippen molar-refractivity contribution in [3.63, 3.8) is 0 Å². The second-order valence-electron chi connectivity index (χ2n) is 6.74. The zero-order chi connectivity index (χ0) is 20.4. The molecule has 4 rings (SSSR count). The summed E-state index contributed by atoms with van der Waals surface area (Å²) in [6.07, 6.45) is 3.36. The van der Waals surface area contributed by atoms with Crippen LogP contribution < -0.4 is 0 Å². The van der Waals surface area contributed by atoms with E-state index in [1.807, 2.05) is 19.1 Å². The summed E-state index contributed by atoms with van der Waals surface area (Å²) in [7, 11) is -3.62. The van der Waals surface area contributed by atoms with E-state index < -0.39 is 10.0 Å². The summed E-state index contributed by atoms with van der Waals surface area (Å²) in [5.74, 6) is 0.978. The van der Waals surface area contributed by atoms with Gasteiger partial charge in [0.05, 0.1) is 11.1 Å². The lowest BCUT2D eigenvalue weighted by Gasteiger charge is -2.36. The van der Waals surface area contributed by atoms with Gasteiger partial charge >= 0.3 is 0 Å². The Morgan fingerprint density at radius 3 is 2.55 bits per heavy atom. The highest BCUT2D eigenvalue weighted by atomic mass is 35.5. The molecular formula is C19H20ClN5O3S. The van der Waals surface area contributed by atoms with Crippen LogP contribution in [0.3, 0.4) is 0 Å². The van der Waals surface area contributed by atoms with E-state index in [9.17, 15) is 8.42 Å². The van der Waals surface area contributed by atoms with Crippen molar-refractivity contribution >= 4 is 21.6 Å². The van der Waals surface area contributed by atoms with Gasteiger partial charge in [-0.15, -0.1) is 0 Å². The number of nitrogens with zero attached hydrogens (tertiary/aromatic N) is 5. The molecular weight excluding hydrogens is 414 g/mol. The Kier molecular flexibility index (Phi) is 5.64. The predicted octanol–water partition coefficient (Wildman–Crippen LogP) is 2.85. The van der Waals surface area contributed by atoms with Gasteiger partial charge in [-0.1, -0.05) is 28.9 Å². The fourth-order valence-corrected chi connectivity index (χ4v) is 5.21. The quantitative estimate of drug-likeness (QED) is 0.610. The molecule has 1 fully saturated rings. The van der Waals surface area contributed by atoms with Gasteiger partial charge in [-0.2, -0.15) is 9.29 Å². The first-order chi connectivity index (χ1) is 14.0. The number of aromatic nitrogens is 3. The first-order valence-corrected chi connectivity index (χ1v) is 11.0. The third kappa shape index (κ3) is 4.04. The maximum Gasteiger partial charge on any atom is 0.244 e. The number of piperazine rings is 1. The molecule has 0 spiro atoms. The van der Waals surface area contributed by atoms with Crippen LogP contribution in [0.25, 0.3) is 11.4 Å². The Bertz CT molecular complexity index is 1080. The molecule has 8 nitrogen and oxygen atoms in total. The monoisotopic (exact) mass is 433 g/mol. The van der Waals surface area contributed by atoms with Crippen molar-refractivity contribution in [2.45, 2.75) is 17.9 Å². The average Bonchev–Trinajstić information content (AvgIpc) is 3.24. The van der Waals surface area contributed by atoms with Crippen molar-refractivity contribution in [2.24, 2.45) is 0 Å². The number of rotatable bonds is 5. The topological polar surface area (TPSA) is 92.4 Å². The molecule has 29 heavy (non-hydrogen) atoms. The first kappa shape index (κ1) is 20.0. The largest absolute Gasteiger partial charge is 0.337 e. The van der Waals surface area contributed by atoms with Gasteiger partial charge < -0.3 is 4.52 Å². The van der Waals surface area contributed by atoms with Gasteiger partial charge in [0, 0.05) is 44.1 Å². The number of halogens is 1. The molecule has 2 aromatic heterocycles. The fourth-order valence-electron chi connectivity index (χ4n) is 3.30. The average molecular weight is 434 g/mol. The molecule has 1 aliphatic heterocycles. The van der Waals surface area contributed by atoms with Crippen LogP contribution in [0.4, 0.5) is 0 Å². The molecule has 0 radical (unpaired) electrons. The molecule has 1 aliphatic rings. The Labute approximate surface area is 174 Å². The van der Waals surface area contributed by atoms with Crippen LogP contribution in [0.15, 0.2) is 58.2 Å². The molecule has 0 bridgehead atoms. The summed E-state index contributed by atoms with van der Waals surface area (Å²) < 4.78 is 32.7. The van der Waals surface area contributed by atoms with Crippen LogP contribution in [0.2, 0.25) is 5.02 Å². The van der Waals surface area contributed by atoms with E-state index in [0.717, 1.165) is 5.56 Å². The van der Waals surface area contributed by atoms with Gasteiger partial charge in [0.25, 0.3) is 0 Å². The standard InChI is InChI=1S/C19H20ClN5O3S/c1-14(19-22-18(23-28-19)15-5-4-8-21-13-15)24-9-11-25(12-10-24)29(26,27)17-7-3-2-6-16(17)20/h2-8,13-14H,9-12H2,1H3. The molecule has 152 valence electrons. The van der Waals surface area contributed by atoms with Gasteiger partial charge in [0.1, 0.15) is 4.90 Å². The minimum absolute atomic E-state index is 0.127. The van der Waals surface area contributed by atoms with Crippen molar-refractivity contribution in [2.75, 3.05) is 26.2 Å². The minimum atomic E-state index is -3.62. The lowest BCUT2D eigenvalue weighted by Crippen LogP contribution is -2.49. The van der Waals surface area contributed by atoms with Crippen LogP contribution in [0.5, 0.6) is 0 Å². The van der Waals surface area contributed by atoms with Crippen LogP contribution in [0, 0.1) is 0 Å². The fraction of sp³-hybridized carbons (Fsp3) is 0.316. The highest BCUT2D eigenvalue weighted by Crippen LogP contribution is 2.27. The summed E-state index contributed by atoms with van der Waals surface area (Å²) in [5, 5.41) is 4.27. The van der Waals surface area contributed by atoms with Crippen LogP contribution in [-0.4, -0.2) is 58.9 Å². The van der Waals surface area contributed by atoms with Crippen molar-refractivity contribution in [1.82, 2.24) is 24.3 Å². The molecule has 3 heterocycles. The van der Waals surface area contributed by atoms with Crippen LogP contribution in [0.1, 0.15) is 18.9 Å². The number of benzene rings is 1. The third-order valence-electron chi connectivity index (χ3n) is 4.99. The molecule has 0 amide bonds. The lowest BCUT2D eigenvalue weighted by molar-refractivity contribution is 0.124. The summed E-state index contributed by atoms with van der Waals surface area (Å²) in [5.41, 5.74) is 0.783. The lowest BCUT2D eigenvalue weighted by atomic mass is 10.2. The van der Waals surface area contributed by atoms with E-state index in [2.05, 4.69) is 20.0 Å². The zero-order valence-corrected chi connectivity index (χ0v) is 17.3. The first-order valence-electron chi connectivity index (χ1n) is 9.19. The molecule has 1 unspecified atom stereocenters. The van der Waals surface area contributed by atoms with Crippen molar-refractivity contribution in [3.05, 3.63) is 59.7 Å². The number of hydrogen-bond donors (Lipinski definition) is 0. The number of hydrogen-bond acceptors (Lipinski definition) is 7. The van der Waals surface area contributed by atoms with E-state index in [1.54, 1.807) is 30.6 Å². The third-order valence-corrected chi connectivity index (χ3v) is 7.39. The Morgan fingerprint density at radius 2 is 1.86 bits per heavy atom. The highest BCUT2D eigenvalue weighted by molar-refractivity contribution is 7.89. The minimum Gasteiger partial charge on any atom is -0.337 e. The Hall–Kier alpha value is -2.33.